The fourth-order valence-corrected chi connectivity index (χ4v) is 2.09. The van der Waals surface area contributed by atoms with Gasteiger partial charge in [0.05, 0.1) is 25.3 Å². The number of hydrogen-bond donors (Lipinski definition) is 2. The average Bonchev–Trinajstić information content (AvgIpc) is 2.57. The molecule has 2 N–H and O–H groups in total. The monoisotopic (exact) mass is 352 g/mol. The number of anilines is 1. The van der Waals surface area contributed by atoms with E-state index in [9.17, 15) is 14.4 Å². The van der Waals surface area contributed by atoms with Crippen LogP contribution in [-0.2, 0) is 14.3 Å². The van der Waals surface area contributed by atoms with Gasteiger partial charge in [-0.25, -0.2) is 9.59 Å². The number of rotatable bonds is 6. The summed E-state index contributed by atoms with van der Waals surface area (Å²) in [5, 5.41) is 5.39. The molecule has 130 valence electrons. The van der Waals surface area contributed by atoms with Crippen molar-refractivity contribution in [1.29, 1.82) is 0 Å². The molecule has 0 radical (unpaired) electrons. The maximum atomic E-state index is 11.7. The molecule has 0 aromatic heterocycles. The van der Waals surface area contributed by atoms with Gasteiger partial charge in [-0.3, -0.25) is 4.79 Å². The van der Waals surface area contributed by atoms with Gasteiger partial charge in [-0.1, -0.05) is 13.3 Å². The van der Waals surface area contributed by atoms with Gasteiger partial charge in [0.15, 0.2) is 5.11 Å². The summed E-state index contributed by atoms with van der Waals surface area (Å²) in [6.07, 6.45) is 2.03. The molecule has 1 aromatic rings. The molecule has 0 unspecified atom stereocenters. The number of nitrogens with one attached hydrogen (secondary N) is 2. The molecule has 8 heteroatoms. The van der Waals surface area contributed by atoms with Crippen molar-refractivity contribution in [2.75, 3.05) is 19.5 Å². The van der Waals surface area contributed by atoms with E-state index < -0.39 is 11.9 Å². The lowest BCUT2D eigenvalue weighted by molar-refractivity contribution is -0.119. The van der Waals surface area contributed by atoms with Gasteiger partial charge in [0, 0.05) is 12.1 Å². The Morgan fingerprint density at radius 3 is 2.04 bits per heavy atom. The zero-order valence-electron chi connectivity index (χ0n) is 13.8. The summed E-state index contributed by atoms with van der Waals surface area (Å²) < 4.78 is 9.30. The summed E-state index contributed by atoms with van der Waals surface area (Å²) in [5.41, 5.74) is 0.671. The fourth-order valence-electron chi connectivity index (χ4n) is 1.86. The Balaban J connectivity index is 2.93. The standard InChI is InChI=1S/C16H20N2O5S/c1-4-5-6-13(19)18-16(24)17-12-8-10(14(20)22-2)7-11(9-12)15(21)23-3/h7-9H,4-6H2,1-3H3,(H2,17,18,19,24). The SMILES string of the molecule is CCCCC(=O)NC(=S)Nc1cc(C(=O)OC)cc(C(=O)OC)c1. The number of amides is 1. The Bertz CT molecular complexity index is 611. The minimum absolute atomic E-state index is 0.0777. The molecule has 0 spiro atoms. The predicted octanol–water partition coefficient (Wildman–Crippen LogP) is 2.26. The van der Waals surface area contributed by atoms with E-state index >= 15 is 0 Å². The number of hydrogen-bond acceptors (Lipinski definition) is 6. The van der Waals surface area contributed by atoms with E-state index in [1.165, 1.54) is 32.4 Å². The third-order valence-electron chi connectivity index (χ3n) is 3.04. The molecule has 0 atom stereocenters. The zero-order chi connectivity index (χ0) is 18.1. The van der Waals surface area contributed by atoms with Gasteiger partial charge in [-0.2, -0.15) is 0 Å². The number of esters is 2. The normalized spacial score (nSPS) is 9.79. The number of thiocarbonyl (C=S) groups is 1. The summed E-state index contributed by atoms with van der Waals surface area (Å²) in [6, 6.07) is 4.28. The minimum Gasteiger partial charge on any atom is -0.465 e. The van der Waals surface area contributed by atoms with Crippen LogP contribution in [-0.4, -0.2) is 37.2 Å². The van der Waals surface area contributed by atoms with Gasteiger partial charge in [0.1, 0.15) is 0 Å². The number of carbonyl (C=O) groups excluding carboxylic acids is 3. The van der Waals surface area contributed by atoms with Crippen LogP contribution in [0.3, 0.4) is 0 Å². The highest BCUT2D eigenvalue weighted by atomic mass is 32.1. The molecule has 1 rings (SSSR count). The molecule has 7 nitrogen and oxygen atoms in total. The Morgan fingerprint density at radius 1 is 1.04 bits per heavy atom. The summed E-state index contributed by atoms with van der Waals surface area (Å²) in [5.74, 6) is -1.42. The minimum atomic E-state index is -0.610. The Kier molecular flexibility index (Phi) is 7.84. The second-order valence-corrected chi connectivity index (χ2v) is 5.30. The highest BCUT2D eigenvalue weighted by molar-refractivity contribution is 7.80. The number of unbranched alkanes of at least 4 members (excludes halogenated alkanes) is 1. The van der Waals surface area contributed by atoms with E-state index in [1.807, 2.05) is 6.92 Å². The van der Waals surface area contributed by atoms with Crippen LogP contribution in [0.2, 0.25) is 0 Å². The van der Waals surface area contributed by atoms with Crippen molar-refractivity contribution in [3.8, 4) is 0 Å². The van der Waals surface area contributed by atoms with Crippen LogP contribution in [0, 0.1) is 0 Å². The summed E-state index contributed by atoms with van der Waals surface area (Å²) in [7, 11) is 2.47. The third-order valence-corrected chi connectivity index (χ3v) is 3.25. The first-order valence-electron chi connectivity index (χ1n) is 7.33. The molecule has 0 aliphatic carbocycles. The Labute approximate surface area is 145 Å². The lowest BCUT2D eigenvalue weighted by Crippen LogP contribution is -2.34. The molecule has 0 saturated carbocycles. The summed E-state index contributed by atoms with van der Waals surface area (Å²) in [6.45, 7) is 1.98. The van der Waals surface area contributed by atoms with Crippen LogP contribution in [0.4, 0.5) is 5.69 Å². The van der Waals surface area contributed by atoms with Gasteiger partial charge in [0.2, 0.25) is 5.91 Å². The molecule has 0 saturated heterocycles. The molecular formula is C16H20N2O5S. The van der Waals surface area contributed by atoms with Gasteiger partial charge in [0.25, 0.3) is 0 Å². The second kappa shape index (κ2) is 9.61. The number of carbonyl (C=O) groups is 3. The largest absolute Gasteiger partial charge is 0.465 e. The van der Waals surface area contributed by atoms with Crippen LogP contribution in [0.15, 0.2) is 18.2 Å². The lowest BCUT2D eigenvalue weighted by Gasteiger charge is -2.12. The van der Waals surface area contributed by atoms with E-state index in [-0.39, 0.29) is 22.1 Å². The molecule has 0 fully saturated rings. The topological polar surface area (TPSA) is 93.7 Å². The van der Waals surface area contributed by atoms with Crippen LogP contribution in [0.5, 0.6) is 0 Å². The van der Waals surface area contributed by atoms with E-state index in [0.717, 1.165) is 12.8 Å². The van der Waals surface area contributed by atoms with E-state index in [4.69, 9.17) is 12.2 Å². The van der Waals surface area contributed by atoms with E-state index in [0.29, 0.717) is 12.1 Å². The van der Waals surface area contributed by atoms with Crippen LogP contribution in [0.1, 0.15) is 46.9 Å². The van der Waals surface area contributed by atoms with E-state index in [2.05, 4.69) is 20.1 Å². The number of methoxy groups -OCH3 is 2. The average molecular weight is 352 g/mol. The molecule has 24 heavy (non-hydrogen) atoms. The highest BCUT2D eigenvalue weighted by Gasteiger charge is 2.14. The Morgan fingerprint density at radius 2 is 1.58 bits per heavy atom. The van der Waals surface area contributed by atoms with Gasteiger partial charge >= 0.3 is 11.9 Å². The molecule has 0 aliphatic heterocycles. The van der Waals surface area contributed by atoms with Crippen LogP contribution in [0.25, 0.3) is 0 Å². The third kappa shape index (κ3) is 5.96. The number of benzene rings is 1. The lowest BCUT2D eigenvalue weighted by atomic mass is 10.1. The van der Waals surface area contributed by atoms with Crippen LogP contribution >= 0.6 is 12.2 Å². The zero-order valence-corrected chi connectivity index (χ0v) is 14.6. The summed E-state index contributed by atoms with van der Waals surface area (Å²) in [4.78, 5) is 35.1. The molecule has 0 heterocycles. The molecule has 1 aromatic carbocycles. The summed E-state index contributed by atoms with van der Waals surface area (Å²) >= 11 is 5.06. The number of ether oxygens (including phenoxy) is 2. The maximum absolute atomic E-state index is 11.7. The van der Waals surface area contributed by atoms with Crippen molar-refractivity contribution in [3.05, 3.63) is 29.3 Å². The van der Waals surface area contributed by atoms with Crippen molar-refractivity contribution < 1.29 is 23.9 Å². The van der Waals surface area contributed by atoms with Crippen molar-refractivity contribution in [2.45, 2.75) is 26.2 Å². The molecule has 1 amide bonds. The first-order chi connectivity index (χ1) is 11.4. The van der Waals surface area contributed by atoms with Crippen molar-refractivity contribution >= 4 is 40.9 Å². The fraction of sp³-hybridized carbons (Fsp3) is 0.375. The van der Waals surface area contributed by atoms with Gasteiger partial charge in [-0.15, -0.1) is 0 Å². The smallest absolute Gasteiger partial charge is 0.337 e. The highest BCUT2D eigenvalue weighted by Crippen LogP contribution is 2.17. The van der Waals surface area contributed by atoms with Gasteiger partial charge < -0.3 is 20.1 Å². The predicted molar refractivity (Wildman–Crippen MR) is 93.0 cm³/mol. The maximum Gasteiger partial charge on any atom is 0.337 e. The Hall–Kier alpha value is -2.48. The molecule has 0 bridgehead atoms. The van der Waals surface area contributed by atoms with Crippen molar-refractivity contribution in [1.82, 2.24) is 5.32 Å². The first kappa shape index (κ1) is 19.6. The second-order valence-electron chi connectivity index (χ2n) is 4.89. The quantitative estimate of drug-likeness (QED) is 0.599. The van der Waals surface area contributed by atoms with E-state index in [1.54, 1.807) is 0 Å². The molecule has 0 aliphatic rings. The van der Waals surface area contributed by atoms with Crippen molar-refractivity contribution in [3.63, 3.8) is 0 Å². The van der Waals surface area contributed by atoms with Crippen molar-refractivity contribution in [2.24, 2.45) is 0 Å². The van der Waals surface area contributed by atoms with Crippen LogP contribution < -0.4 is 10.6 Å². The first-order valence-corrected chi connectivity index (χ1v) is 7.74. The molecular weight excluding hydrogens is 332 g/mol. The van der Waals surface area contributed by atoms with Gasteiger partial charge in [-0.05, 0) is 36.8 Å².